The summed E-state index contributed by atoms with van der Waals surface area (Å²) >= 11 is 2.03. The lowest BCUT2D eigenvalue weighted by Gasteiger charge is -2.08. The van der Waals surface area contributed by atoms with E-state index in [1.165, 1.54) is 61.5 Å². The molecule has 0 aromatic carbocycles. The van der Waals surface area contributed by atoms with Crippen molar-refractivity contribution in [1.82, 2.24) is 0 Å². The molecule has 0 amide bonds. The first-order chi connectivity index (χ1) is 8.84. The molecule has 1 aliphatic carbocycles. The summed E-state index contributed by atoms with van der Waals surface area (Å²) in [5, 5.41) is 1.52. The van der Waals surface area contributed by atoms with E-state index in [4.69, 9.17) is 0 Å². The van der Waals surface area contributed by atoms with Crippen LogP contribution in [-0.2, 0) is 19.9 Å². The first kappa shape index (κ1) is 12.2. The van der Waals surface area contributed by atoms with Crippen molar-refractivity contribution in [3.63, 3.8) is 0 Å². The molecule has 96 valence electrons. The zero-order chi connectivity index (χ0) is 12.4. The third kappa shape index (κ3) is 2.44. The number of fused-ring (bicyclic) bond motifs is 3. The van der Waals surface area contributed by atoms with E-state index in [1.807, 2.05) is 11.3 Å². The van der Waals surface area contributed by atoms with Crippen LogP contribution in [-0.4, -0.2) is 0 Å². The van der Waals surface area contributed by atoms with Crippen LogP contribution in [0.3, 0.4) is 0 Å². The maximum Gasteiger partial charge on any atom is 0.186 e. The van der Waals surface area contributed by atoms with E-state index in [1.54, 1.807) is 10.4 Å². The third-order valence-corrected chi connectivity index (χ3v) is 5.28. The molecule has 18 heavy (non-hydrogen) atoms. The van der Waals surface area contributed by atoms with E-state index >= 15 is 0 Å². The van der Waals surface area contributed by atoms with Crippen LogP contribution in [0.15, 0.2) is 18.5 Å². The highest BCUT2D eigenvalue weighted by atomic mass is 32.1. The fourth-order valence-corrected chi connectivity index (χ4v) is 4.38. The van der Waals surface area contributed by atoms with Gasteiger partial charge in [0.05, 0.1) is 4.70 Å². The number of aromatic nitrogens is 1. The molecular formula is C16H22NS+. The number of rotatable bonds is 0. The van der Waals surface area contributed by atoms with Crippen LogP contribution in [0.2, 0.25) is 0 Å². The van der Waals surface area contributed by atoms with Gasteiger partial charge in [-0.2, -0.15) is 0 Å². The van der Waals surface area contributed by atoms with Crippen LogP contribution in [0, 0.1) is 0 Å². The Morgan fingerprint density at radius 3 is 2.56 bits per heavy atom. The summed E-state index contributed by atoms with van der Waals surface area (Å²) in [7, 11) is 2.12. The molecule has 0 bridgehead atoms. The van der Waals surface area contributed by atoms with Crippen molar-refractivity contribution in [3.8, 4) is 0 Å². The predicted molar refractivity (Wildman–Crippen MR) is 78.1 cm³/mol. The Bertz CT molecular complexity index is 541. The lowest BCUT2D eigenvalue weighted by molar-refractivity contribution is -0.670. The fourth-order valence-electron chi connectivity index (χ4n) is 3.02. The van der Waals surface area contributed by atoms with E-state index in [2.05, 4.69) is 30.1 Å². The summed E-state index contributed by atoms with van der Waals surface area (Å²) in [4.78, 5) is 1.66. The zero-order valence-electron chi connectivity index (χ0n) is 11.2. The van der Waals surface area contributed by atoms with Crippen molar-refractivity contribution < 1.29 is 4.57 Å². The van der Waals surface area contributed by atoms with Crippen molar-refractivity contribution in [2.45, 2.75) is 51.4 Å². The van der Waals surface area contributed by atoms with E-state index in [9.17, 15) is 0 Å². The summed E-state index contributed by atoms with van der Waals surface area (Å²) in [5.74, 6) is 0. The minimum atomic E-state index is 1.29. The van der Waals surface area contributed by atoms with Crippen molar-refractivity contribution in [2.75, 3.05) is 0 Å². The molecule has 1 nitrogen and oxygen atoms in total. The maximum absolute atomic E-state index is 2.32. The van der Waals surface area contributed by atoms with Crippen LogP contribution in [0.1, 0.15) is 49.0 Å². The topological polar surface area (TPSA) is 3.88 Å². The molecule has 3 rings (SSSR count). The van der Waals surface area contributed by atoms with Gasteiger partial charge in [-0.15, -0.1) is 11.3 Å². The largest absolute Gasteiger partial charge is 0.206 e. The molecule has 0 radical (unpaired) electrons. The van der Waals surface area contributed by atoms with Gasteiger partial charge in [-0.3, -0.25) is 0 Å². The summed E-state index contributed by atoms with van der Waals surface area (Å²) in [6.45, 7) is 0. The molecule has 2 heterocycles. The molecule has 2 heteroatoms. The minimum Gasteiger partial charge on any atom is -0.206 e. The second-order valence-corrected chi connectivity index (χ2v) is 6.65. The Morgan fingerprint density at radius 2 is 1.72 bits per heavy atom. The molecule has 0 saturated carbocycles. The first-order valence-electron chi connectivity index (χ1n) is 7.24. The standard InChI is InChI=1S/C16H22NS/c1-17-11-10-14-13-8-6-4-2-3-5-7-9-15(13)18-16(14)12-17/h10-12H,2-9H2,1H3/q+1. The Labute approximate surface area is 113 Å². The molecule has 0 spiro atoms. The Hall–Kier alpha value is -0.890. The lowest BCUT2D eigenvalue weighted by Crippen LogP contribution is -2.25. The number of hydrogen-bond acceptors (Lipinski definition) is 1. The smallest absolute Gasteiger partial charge is 0.186 e. The van der Waals surface area contributed by atoms with Gasteiger partial charge in [0, 0.05) is 16.3 Å². The van der Waals surface area contributed by atoms with Crippen molar-refractivity contribution in [3.05, 3.63) is 28.9 Å². The molecule has 1 aliphatic rings. The normalized spacial score (nSPS) is 17.6. The van der Waals surface area contributed by atoms with E-state index in [0.29, 0.717) is 0 Å². The highest BCUT2D eigenvalue weighted by Gasteiger charge is 2.14. The first-order valence-corrected chi connectivity index (χ1v) is 8.06. The van der Waals surface area contributed by atoms with Gasteiger partial charge in [0.25, 0.3) is 0 Å². The Morgan fingerprint density at radius 1 is 1.00 bits per heavy atom. The zero-order valence-corrected chi connectivity index (χ0v) is 12.1. The number of aryl methyl sites for hydroxylation is 3. The van der Waals surface area contributed by atoms with Crippen LogP contribution in [0.4, 0.5) is 0 Å². The third-order valence-electron chi connectivity index (χ3n) is 4.04. The fraction of sp³-hybridized carbons (Fsp3) is 0.562. The maximum atomic E-state index is 2.32. The molecule has 0 saturated heterocycles. The van der Waals surface area contributed by atoms with Gasteiger partial charge in [-0.25, -0.2) is 4.57 Å². The van der Waals surface area contributed by atoms with Crippen LogP contribution in [0.5, 0.6) is 0 Å². The number of pyridine rings is 1. The van der Waals surface area contributed by atoms with Gasteiger partial charge in [0.1, 0.15) is 7.05 Å². The summed E-state index contributed by atoms with van der Waals surface area (Å²) in [5.41, 5.74) is 1.66. The van der Waals surface area contributed by atoms with Gasteiger partial charge < -0.3 is 0 Å². The number of thiophene rings is 1. The van der Waals surface area contributed by atoms with Gasteiger partial charge >= 0.3 is 0 Å². The van der Waals surface area contributed by atoms with Gasteiger partial charge in [-0.1, -0.05) is 25.7 Å². The SMILES string of the molecule is C[n+]1ccc2c3c(sc2c1)CCCCCCCC3. The van der Waals surface area contributed by atoms with Crippen molar-refractivity contribution >= 4 is 21.4 Å². The average molecular weight is 260 g/mol. The van der Waals surface area contributed by atoms with Crippen molar-refractivity contribution in [1.29, 1.82) is 0 Å². The van der Waals surface area contributed by atoms with Crippen molar-refractivity contribution in [2.24, 2.45) is 7.05 Å². The minimum absolute atomic E-state index is 1.29. The highest BCUT2D eigenvalue weighted by Crippen LogP contribution is 2.33. The molecule has 2 aromatic rings. The molecule has 0 N–H and O–H groups in total. The summed E-state index contributed by atoms with van der Waals surface area (Å²) in [6.07, 6.45) is 15.5. The Kier molecular flexibility index (Phi) is 3.64. The lowest BCUT2D eigenvalue weighted by atomic mass is 9.98. The molecule has 0 fully saturated rings. The second kappa shape index (κ2) is 5.40. The van der Waals surface area contributed by atoms with E-state index in [-0.39, 0.29) is 0 Å². The van der Waals surface area contributed by atoms with Crippen LogP contribution >= 0.6 is 11.3 Å². The Balaban J connectivity index is 2.02. The second-order valence-electron chi connectivity index (χ2n) is 5.51. The van der Waals surface area contributed by atoms with Crippen LogP contribution < -0.4 is 4.57 Å². The van der Waals surface area contributed by atoms with E-state index < -0.39 is 0 Å². The van der Waals surface area contributed by atoms with Crippen LogP contribution in [0.25, 0.3) is 10.1 Å². The molecule has 0 unspecified atom stereocenters. The van der Waals surface area contributed by atoms with Gasteiger partial charge in [0.15, 0.2) is 12.4 Å². The monoisotopic (exact) mass is 260 g/mol. The summed E-state index contributed by atoms with van der Waals surface area (Å²) in [6, 6.07) is 2.32. The molecular weight excluding hydrogens is 238 g/mol. The molecule has 0 atom stereocenters. The summed E-state index contributed by atoms with van der Waals surface area (Å²) < 4.78 is 3.65. The average Bonchev–Trinajstić information content (AvgIpc) is 2.71. The highest BCUT2D eigenvalue weighted by molar-refractivity contribution is 7.19. The molecule has 2 aromatic heterocycles. The number of hydrogen-bond donors (Lipinski definition) is 0. The van der Waals surface area contributed by atoms with E-state index in [0.717, 1.165) is 0 Å². The number of nitrogens with zero attached hydrogens (tertiary/aromatic N) is 1. The molecule has 0 aliphatic heterocycles. The van der Waals surface area contributed by atoms with Gasteiger partial charge in [-0.05, 0) is 31.2 Å². The van der Waals surface area contributed by atoms with Gasteiger partial charge in [0.2, 0.25) is 0 Å². The quantitative estimate of drug-likeness (QED) is 0.626. The predicted octanol–water partition coefficient (Wildman–Crippen LogP) is 4.17.